The van der Waals surface area contributed by atoms with E-state index in [1.165, 1.54) is 12.1 Å². The Morgan fingerprint density at radius 3 is 2.68 bits per heavy atom. The Bertz CT molecular complexity index is 1060. The number of halogens is 1. The number of nitrogens with zero attached hydrogens (tertiary/aromatic N) is 3. The first-order valence-corrected chi connectivity index (χ1v) is 10.1. The van der Waals surface area contributed by atoms with Crippen molar-refractivity contribution in [1.82, 2.24) is 14.9 Å². The van der Waals surface area contributed by atoms with Gasteiger partial charge in [-0.1, -0.05) is 12.1 Å². The van der Waals surface area contributed by atoms with E-state index < -0.39 is 0 Å². The number of ether oxygens (including phenoxy) is 1. The molecule has 1 amide bonds. The Labute approximate surface area is 180 Å². The van der Waals surface area contributed by atoms with Crippen LogP contribution in [0.1, 0.15) is 24.6 Å². The SMILES string of the molecule is COc1ccc(NC(=O)CN2CCC[C@@H]2c2nc(N)ncc2-c2ccc(F)cc2)cc1. The van der Waals surface area contributed by atoms with Crippen molar-refractivity contribution in [3.8, 4) is 16.9 Å². The van der Waals surface area contributed by atoms with Gasteiger partial charge >= 0.3 is 0 Å². The molecule has 1 fully saturated rings. The highest BCUT2D eigenvalue weighted by Crippen LogP contribution is 2.36. The molecule has 2 aromatic carbocycles. The van der Waals surface area contributed by atoms with Gasteiger partial charge in [-0.3, -0.25) is 9.69 Å². The molecule has 0 spiro atoms. The van der Waals surface area contributed by atoms with E-state index in [2.05, 4.69) is 20.2 Å². The van der Waals surface area contributed by atoms with Gasteiger partial charge in [-0.05, 0) is 61.3 Å². The van der Waals surface area contributed by atoms with Crippen LogP contribution in [0.2, 0.25) is 0 Å². The topological polar surface area (TPSA) is 93.4 Å². The Balaban J connectivity index is 1.53. The van der Waals surface area contributed by atoms with Gasteiger partial charge in [0.15, 0.2) is 0 Å². The molecule has 7 nitrogen and oxygen atoms in total. The summed E-state index contributed by atoms with van der Waals surface area (Å²) in [5, 5.41) is 2.92. The summed E-state index contributed by atoms with van der Waals surface area (Å²) in [5.41, 5.74) is 8.95. The summed E-state index contributed by atoms with van der Waals surface area (Å²) in [6, 6.07) is 13.3. The molecule has 1 saturated heterocycles. The highest BCUT2D eigenvalue weighted by atomic mass is 19.1. The summed E-state index contributed by atoms with van der Waals surface area (Å²) in [4.78, 5) is 23.4. The van der Waals surface area contributed by atoms with E-state index in [-0.39, 0.29) is 30.3 Å². The summed E-state index contributed by atoms with van der Waals surface area (Å²) in [6.07, 6.45) is 3.45. The van der Waals surface area contributed by atoms with E-state index in [0.29, 0.717) is 5.69 Å². The van der Waals surface area contributed by atoms with Gasteiger partial charge in [0.1, 0.15) is 11.6 Å². The highest BCUT2D eigenvalue weighted by molar-refractivity contribution is 5.92. The summed E-state index contributed by atoms with van der Waals surface area (Å²) < 4.78 is 18.5. The molecule has 1 aromatic heterocycles. The third-order valence-electron chi connectivity index (χ3n) is 5.39. The first kappa shape index (κ1) is 20.7. The number of methoxy groups -OCH3 is 1. The first-order valence-electron chi connectivity index (χ1n) is 10.1. The van der Waals surface area contributed by atoms with Crippen LogP contribution in [-0.4, -0.2) is 41.0 Å². The number of nitrogens with two attached hydrogens (primary N) is 1. The fourth-order valence-electron chi connectivity index (χ4n) is 3.90. The van der Waals surface area contributed by atoms with Crippen molar-refractivity contribution in [2.24, 2.45) is 0 Å². The molecule has 4 rings (SSSR count). The zero-order chi connectivity index (χ0) is 21.8. The smallest absolute Gasteiger partial charge is 0.238 e. The van der Waals surface area contributed by atoms with Crippen LogP contribution in [-0.2, 0) is 4.79 Å². The van der Waals surface area contributed by atoms with E-state index in [1.54, 1.807) is 49.7 Å². The number of amides is 1. The second kappa shape index (κ2) is 9.09. The summed E-state index contributed by atoms with van der Waals surface area (Å²) in [5.74, 6) is 0.490. The molecule has 1 aliphatic heterocycles. The molecule has 3 N–H and O–H groups in total. The molecular weight excluding hydrogens is 397 g/mol. The number of hydrogen-bond donors (Lipinski definition) is 2. The second-order valence-corrected chi connectivity index (χ2v) is 7.44. The summed E-state index contributed by atoms with van der Waals surface area (Å²) >= 11 is 0. The van der Waals surface area contributed by atoms with Gasteiger partial charge in [-0.25, -0.2) is 14.4 Å². The van der Waals surface area contributed by atoms with Crippen LogP contribution in [0.5, 0.6) is 5.75 Å². The number of carbonyl (C=O) groups is 1. The van der Waals surface area contributed by atoms with Gasteiger partial charge in [0.25, 0.3) is 0 Å². The van der Waals surface area contributed by atoms with Gasteiger partial charge in [-0.15, -0.1) is 0 Å². The number of carbonyl (C=O) groups excluding carboxylic acids is 1. The number of nitrogen functional groups attached to an aromatic ring is 1. The standard InChI is InChI=1S/C23H24FN5O2/c1-31-18-10-8-17(9-11-18)27-21(30)14-29-12-2-3-20(29)22-19(13-26-23(25)28-22)15-4-6-16(24)7-5-15/h4-11,13,20H,2-3,12,14H2,1H3,(H,27,30)(H2,25,26,28)/t20-/m1/s1. The van der Waals surface area contributed by atoms with Crippen LogP contribution in [0.15, 0.2) is 54.7 Å². The number of aromatic nitrogens is 2. The molecule has 1 aliphatic rings. The van der Waals surface area contributed by atoms with E-state index in [4.69, 9.17) is 10.5 Å². The number of benzene rings is 2. The van der Waals surface area contributed by atoms with E-state index in [0.717, 1.165) is 42.0 Å². The van der Waals surface area contributed by atoms with Crippen molar-refractivity contribution in [3.05, 3.63) is 66.2 Å². The third kappa shape index (κ3) is 4.80. The second-order valence-electron chi connectivity index (χ2n) is 7.44. The molecule has 0 radical (unpaired) electrons. The van der Waals surface area contributed by atoms with E-state index >= 15 is 0 Å². The molecular formula is C23H24FN5O2. The van der Waals surface area contributed by atoms with E-state index in [1.807, 2.05) is 0 Å². The van der Waals surface area contributed by atoms with Crippen molar-refractivity contribution in [2.75, 3.05) is 31.2 Å². The maximum atomic E-state index is 13.4. The lowest BCUT2D eigenvalue weighted by molar-refractivity contribution is -0.117. The summed E-state index contributed by atoms with van der Waals surface area (Å²) in [6.45, 7) is 0.997. The quantitative estimate of drug-likeness (QED) is 0.631. The molecule has 0 unspecified atom stereocenters. The normalized spacial score (nSPS) is 16.3. The Morgan fingerprint density at radius 2 is 1.97 bits per heavy atom. The van der Waals surface area contributed by atoms with Crippen LogP contribution in [0.3, 0.4) is 0 Å². The van der Waals surface area contributed by atoms with Crippen LogP contribution >= 0.6 is 0 Å². The Hall–Kier alpha value is -3.52. The number of anilines is 2. The minimum Gasteiger partial charge on any atom is -0.497 e. The summed E-state index contributed by atoms with van der Waals surface area (Å²) in [7, 11) is 1.60. The number of likely N-dealkylation sites (tertiary alicyclic amines) is 1. The van der Waals surface area contributed by atoms with Crippen molar-refractivity contribution >= 4 is 17.5 Å². The maximum Gasteiger partial charge on any atom is 0.238 e. The Morgan fingerprint density at radius 1 is 1.23 bits per heavy atom. The first-order chi connectivity index (χ1) is 15.0. The molecule has 160 valence electrons. The number of nitrogens with one attached hydrogen (secondary N) is 1. The highest BCUT2D eigenvalue weighted by Gasteiger charge is 2.31. The molecule has 0 saturated carbocycles. The fraction of sp³-hybridized carbons (Fsp3) is 0.261. The minimum absolute atomic E-state index is 0.0769. The van der Waals surface area contributed by atoms with Gasteiger partial charge < -0.3 is 15.8 Å². The van der Waals surface area contributed by atoms with Crippen LogP contribution < -0.4 is 15.8 Å². The third-order valence-corrected chi connectivity index (χ3v) is 5.39. The van der Waals surface area contributed by atoms with Gasteiger partial charge in [0.05, 0.1) is 25.4 Å². The molecule has 0 bridgehead atoms. The van der Waals surface area contributed by atoms with Gasteiger partial charge in [-0.2, -0.15) is 0 Å². The zero-order valence-electron chi connectivity index (χ0n) is 17.2. The van der Waals surface area contributed by atoms with Crippen LogP contribution in [0, 0.1) is 5.82 Å². The maximum absolute atomic E-state index is 13.4. The predicted octanol–water partition coefficient (Wildman–Crippen LogP) is 3.65. The van der Waals surface area contributed by atoms with Crippen LogP contribution in [0.25, 0.3) is 11.1 Å². The molecule has 3 aromatic rings. The lowest BCUT2D eigenvalue weighted by atomic mass is 10.00. The number of rotatable bonds is 6. The van der Waals surface area contributed by atoms with Crippen molar-refractivity contribution in [3.63, 3.8) is 0 Å². The van der Waals surface area contributed by atoms with E-state index in [9.17, 15) is 9.18 Å². The lowest BCUT2D eigenvalue weighted by Crippen LogP contribution is -2.33. The monoisotopic (exact) mass is 421 g/mol. The Kier molecular flexibility index (Phi) is 6.08. The van der Waals surface area contributed by atoms with Crippen LogP contribution in [0.4, 0.5) is 16.0 Å². The van der Waals surface area contributed by atoms with Crippen molar-refractivity contribution in [1.29, 1.82) is 0 Å². The minimum atomic E-state index is -0.306. The zero-order valence-corrected chi connectivity index (χ0v) is 17.2. The van der Waals surface area contributed by atoms with Gasteiger partial charge in [0.2, 0.25) is 11.9 Å². The molecule has 1 atom stereocenters. The average molecular weight is 421 g/mol. The average Bonchev–Trinajstić information content (AvgIpc) is 3.22. The molecule has 8 heteroatoms. The molecule has 31 heavy (non-hydrogen) atoms. The molecule has 0 aliphatic carbocycles. The number of hydrogen-bond acceptors (Lipinski definition) is 6. The fourth-order valence-corrected chi connectivity index (χ4v) is 3.90. The predicted molar refractivity (Wildman–Crippen MR) is 117 cm³/mol. The largest absolute Gasteiger partial charge is 0.497 e. The van der Waals surface area contributed by atoms with Crippen molar-refractivity contribution < 1.29 is 13.9 Å². The molecule has 2 heterocycles. The lowest BCUT2D eigenvalue weighted by Gasteiger charge is -2.25. The van der Waals surface area contributed by atoms with Gasteiger partial charge in [0, 0.05) is 17.4 Å². The van der Waals surface area contributed by atoms with Crippen molar-refractivity contribution in [2.45, 2.75) is 18.9 Å².